The van der Waals surface area contributed by atoms with E-state index >= 15 is 0 Å². The van der Waals surface area contributed by atoms with E-state index in [1.165, 1.54) is 5.56 Å². The van der Waals surface area contributed by atoms with Crippen LogP contribution in [-0.4, -0.2) is 46.7 Å². The normalized spacial score (nSPS) is 10.8. The zero-order chi connectivity index (χ0) is 29.1. The zero-order valence-electron chi connectivity index (χ0n) is 23.8. The highest BCUT2D eigenvalue weighted by Gasteiger charge is 2.23. The Hall–Kier alpha value is -4.43. The molecular formula is C32H40N6O2. The van der Waals surface area contributed by atoms with Gasteiger partial charge >= 0.3 is 0 Å². The summed E-state index contributed by atoms with van der Waals surface area (Å²) in [5.41, 5.74) is 9.26. The Morgan fingerprint density at radius 2 is 1.62 bits per heavy atom. The van der Waals surface area contributed by atoms with E-state index < -0.39 is 5.54 Å². The number of carbonyl (C=O) groups is 1. The summed E-state index contributed by atoms with van der Waals surface area (Å²) in [7, 11) is 1.61. The lowest BCUT2D eigenvalue weighted by Crippen LogP contribution is -2.52. The molecule has 0 fully saturated rings. The van der Waals surface area contributed by atoms with Crippen LogP contribution in [-0.2, 0) is 17.8 Å². The van der Waals surface area contributed by atoms with Crippen LogP contribution >= 0.6 is 0 Å². The minimum atomic E-state index is -1.04. The lowest BCUT2D eigenvalue weighted by atomic mass is 10.1. The van der Waals surface area contributed by atoms with Crippen molar-refractivity contribution >= 4 is 28.5 Å². The quantitative estimate of drug-likeness (QED) is 0.143. The number of nitrogens with two attached hydrogens (primary N) is 1. The molecule has 4 aromatic rings. The first-order valence-corrected chi connectivity index (χ1v) is 13.3. The second-order valence-electron chi connectivity index (χ2n) is 10.2. The van der Waals surface area contributed by atoms with Crippen LogP contribution < -0.4 is 15.8 Å². The van der Waals surface area contributed by atoms with E-state index in [-0.39, 0.29) is 18.3 Å². The van der Waals surface area contributed by atoms with Gasteiger partial charge in [0.2, 0.25) is 5.91 Å². The van der Waals surface area contributed by atoms with Crippen LogP contribution in [0.15, 0.2) is 85.1 Å². The minimum absolute atomic E-state index is 0.00885. The van der Waals surface area contributed by atoms with E-state index in [0.717, 1.165) is 27.8 Å². The van der Waals surface area contributed by atoms with Crippen molar-refractivity contribution in [2.24, 2.45) is 5.73 Å². The number of para-hydroxylation sites is 1. The molecule has 0 unspecified atom stereocenters. The fraction of sp³-hybridized carbons (Fsp3) is 0.281. The number of ether oxygens (including phenoxy) is 1. The number of aromatic amines is 1. The molecule has 0 saturated carbocycles. The van der Waals surface area contributed by atoms with Gasteiger partial charge in [-0.2, -0.15) is 0 Å². The first-order valence-electron chi connectivity index (χ1n) is 13.3. The highest BCUT2D eigenvalue weighted by atomic mass is 16.5. The van der Waals surface area contributed by atoms with Gasteiger partial charge in [-0.3, -0.25) is 15.6 Å². The fourth-order valence-electron chi connectivity index (χ4n) is 4.02. The average Bonchev–Trinajstić information content (AvgIpc) is 3.37. The lowest BCUT2D eigenvalue weighted by molar-refractivity contribution is -0.124. The molecule has 0 bridgehead atoms. The molecule has 210 valence electrons. The number of aryl methyl sites for hydroxylation is 2. The molecule has 0 atom stereocenters. The average molecular weight is 541 g/mol. The Labute approximate surface area is 236 Å². The fourth-order valence-corrected chi connectivity index (χ4v) is 4.02. The molecule has 1 heterocycles. The van der Waals surface area contributed by atoms with E-state index in [1.54, 1.807) is 25.9 Å². The number of amides is 1. The van der Waals surface area contributed by atoms with Crippen LogP contribution in [0.4, 0.5) is 0 Å². The number of fused-ring (bicyclic) bond motifs is 1. The molecule has 1 amide bonds. The van der Waals surface area contributed by atoms with Crippen molar-refractivity contribution in [1.82, 2.24) is 15.2 Å². The predicted molar refractivity (Wildman–Crippen MR) is 163 cm³/mol. The third-order valence-electron chi connectivity index (χ3n) is 6.40. The highest BCUT2D eigenvalue weighted by molar-refractivity contribution is 6.00. The van der Waals surface area contributed by atoms with Crippen LogP contribution in [0.3, 0.4) is 0 Å². The van der Waals surface area contributed by atoms with Gasteiger partial charge in [-0.15, -0.1) is 0 Å². The van der Waals surface area contributed by atoms with E-state index in [1.807, 2.05) is 66.9 Å². The van der Waals surface area contributed by atoms with E-state index in [9.17, 15) is 4.79 Å². The van der Waals surface area contributed by atoms with Crippen molar-refractivity contribution in [3.05, 3.63) is 102 Å². The summed E-state index contributed by atoms with van der Waals surface area (Å²) in [5.74, 6) is 0.837. The number of nitrogens with zero attached hydrogens (tertiary/aromatic N) is 1. The number of hydrogen-bond acceptors (Lipinski definition) is 5. The lowest BCUT2D eigenvalue weighted by Gasteiger charge is -2.27. The topological polar surface area (TPSA) is 131 Å². The summed E-state index contributed by atoms with van der Waals surface area (Å²) in [6.45, 7) is 5.65. The van der Waals surface area contributed by atoms with Crippen molar-refractivity contribution in [2.75, 3.05) is 13.7 Å². The molecular weight excluding hydrogens is 500 g/mol. The van der Waals surface area contributed by atoms with Gasteiger partial charge in [0, 0.05) is 23.5 Å². The van der Waals surface area contributed by atoms with Gasteiger partial charge in [-0.05, 0) is 56.5 Å². The minimum Gasteiger partial charge on any atom is -0.497 e. The maximum absolute atomic E-state index is 12.2. The number of H-pyrrole nitrogens is 1. The zero-order valence-corrected chi connectivity index (χ0v) is 23.8. The third-order valence-corrected chi connectivity index (χ3v) is 6.40. The highest BCUT2D eigenvalue weighted by Crippen LogP contribution is 2.20. The smallest absolute Gasteiger partial charge is 0.239 e. The summed E-state index contributed by atoms with van der Waals surface area (Å²) in [6, 6.07) is 25.9. The molecule has 0 radical (unpaired) electrons. The Balaban J connectivity index is 0.000000547. The molecule has 8 nitrogen and oxygen atoms in total. The van der Waals surface area contributed by atoms with E-state index in [2.05, 4.69) is 35.4 Å². The number of rotatable bonds is 9. The van der Waals surface area contributed by atoms with E-state index in [0.29, 0.717) is 25.2 Å². The monoisotopic (exact) mass is 540 g/mol. The molecule has 0 aliphatic carbocycles. The van der Waals surface area contributed by atoms with Gasteiger partial charge < -0.3 is 25.7 Å². The number of benzene rings is 3. The van der Waals surface area contributed by atoms with Gasteiger partial charge in [-0.25, -0.2) is 0 Å². The molecule has 0 saturated heterocycles. The number of hydrogen-bond donors (Lipinski definition) is 5. The summed E-state index contributed by atoms with van der Waals surface area (Å²) in [5, 5.41) is 21.2. The number of methoxy groups -OCH3 is 1. The largest absolute Gasteiger partial charge is 0.497 e. The summed E-state index contributed by atoms with van der Waals surface area (Å²) >= 11 is 0. The van der Waals surface area contributed by atoms with E-state index in [4.69, 9.17) is 21.3 Å². The number of nitrogens with one attached hydrogen (secondary N) is 4. The molecule has 6 N–H and O–H groups in total. The van der Waals surface area contributed by atoms with Crippen molar-refractivity contribution in [2.45, 2.75) is 45.7 Å². The molecule has 0 aliphatic rings. The molecule has 8 heteroatoms. The number of aromatic nitrogens is 1. The summed E-state index contributed by atoms with van der Waals surface area (Å²) < 4.78 is 5.22. The Kier molecular flexibility index (Phi) is 10.6. The molecule has 0 spiro atoms. The van der Waals surface area contributed by atoms with Crippen LogP contribution in [0.5, 0.6) is 5.75 Å². The second-order valence-corrected chi connectivity index (χ2v) is 10.2. The summed E-state index contributed by atoms with van der Waals surface area (Å²) in [6.07, 6.45) is 3.09. The maximum atomic E-state index is 12.2. The van der Waals surface area contributed by atoms with Crippen LogP contribution in [0.2, 0.25) is 0 Å². The number of amidine groups is 2. The van der Waals surface area contributed by atoms with Crippen LogP contribution in [0, 0.1) is 17.7 Å². The first kappa shape index (κ1) is 30.1. The van der Waals surface area contributed by atoms with Crippen LogP contribution in [0.25, 0.3) is 10.9 Å². The molecule has 3 aromatic carbocycles. The molecule has 4 rings (SSSR count). The number of carbonyl (C=O) groups excluding carboxylic acids is 1. The van der Waals surface area contributed by atoms with Gasteiger partial charge in [0.25, 0.3) is 0 Å². The van der Waals surface area contributed by atoms with Gasteiger partial charge in [0.05, 0.1) is 25.7 Å². The third kappa shape index (κ3) is 8.81. The maximum Gasteiger partial charge on any atom is 0.239 e. The van der Waals surface area contributed by atoms with Crippen molar-refractivity contribution < 1.29 is 9.53 Å². The Morgan fingerprint density at radius 3 is 2.23 bits per heavy atom. The molecule has 1 aromatic heterocycles. The van der Waals surface area contributed by atoms with Crippen molar-refractivity contribution in [1.29, 1.82) is 10.8 Å². The predicted octanol–water partition coefficient (Wildman–Crippen LogP) is 5.41. The first-order chi connectivity index (χ1) is 19.1. The standard InChI is InChI=1S/C25H32N6O2.C7H8/c1-25(2,28)24(32)30-15-23(27)31(16-17-8-11-19(33-3)12-9-17)22(26)13-10-18-14-29-21-7-5-4-6-20(18)21;1-7-5-3-2-4-6-7/h4-9,11-12,14,26-27,29H,10,13,15-16,28H2,1-3H3,(H,30,32);2-6H,1H3. The van der Waals surface area contributed by atoms with Crippen molar-refractivity contribution in [3.8, 4) is 5.75 Å². The van der Waals surface area contributed by atoms with Gasteiger partial charge in [0.15, 0.2) is 0 Å². The van der Waals surface area contributed by atoms with Gasteiger partial charge in [0.1, 0.15) is 17.4 Å². The second kappa shape index (κ2) is 14.1. The summed E-state index contributed by atoms with van der Waals surface area (Å²) in [4.78, 5) is 17.1. The SMILES string of the molecule is COc1ccc(CN(C(=N)CCc2c[nH]c3ccccc23)C(=N)CNC(=O)C(C)(C)N)cc1.Cc1ccccc1. The van der Waals surface area contributed by atoms with Crippen LogP contribution in [0.1, 0.15) is 37.0 Å². The van der Waals surface area contributed by atoms with Gasteiger partial charge in [-0.1, -0.05) is 66.2 Å². The molecule has 40 heavy (non-hydrogen) atoms. The molecule has 0 aliphatic heterocycles. The Bertz CT molecular complexity index is 1400. The van der Waals surface area contributed by atoms with Crippen molar-refractivity contribution in [3.63, 3.8) is 0 Å². The Morgan fingerprint density at radius 1 is 0.975 bits per heavy atom.